The molecule has 0 saturated heterocycles. The molecule has 0 spiro atoms. The van der Waals surface area contributed by atoms with E-state index < -0.39 is 28.6 Å². The van der Waals surface area contributed by atoms with Crippen molar-refractivity contribution in [1.29, 1.82) is 0 Å². The Morgan fingerprint density at radius 1 is 1.33 bits per heavy atom. The van der Waals surface area contributed by atoms with Gasteiger partial charge in [-0.25, -0.2) is 0 Å². The summed E-state index contributed by atoms with van der Waals surface area (Å²) < 4.78 is 0. The number of aryl methyl sites for hydroxylation is 1. The van der Waals surface area contributed by atoms with E-state index in [9.17, 15) is 24.5 Å². The van der Waals surface area contributed by atoms with E-state index >= 15 is 0 Å². The van der Waals surface area contributed by atoms with Crippen LogP contribution in [0.4, 0.5) is 5.69 Å². The first-order valence-electron chi connectivity index (χ1n) is 7.33. The molecule has 0 aliphatic heterocycles. The van der Waals surface area contributed by atoms with Crippen molar-refractivity contribution in [3.05, 3.63) is 39.4 Å². The molecule has 128 valence electrons. The molecule has 1 aliphatic rings. The molecule has 0 radical (unpaired) electrons. The van der Waals surface area contributed by atoms with Crippen LogP contribution >= 0.6 is 0 Å². The molecule has 9 heteroatoms. The van der Waals surface area contributed by atoms with E-state index in [0.29, 0.717) is 18.4 Å². The normalized spacial score (nSPS) is 19.0. The molecule has 0 bridgehead atoms. The molecular weight excluding hydrogens is 318 g/mol. The lowest BCUT2D eigenvalue weighted by Crippen LogP contribution is -2.49. The number of hydrogen-bond acceptors (Lipinski definition) is 5. The molecule has 0 atom stereocenters. The van der Waals surface area contributed by atoms with E-state index in [2.05, 4.69) is 10.6 Å². The Balaban J connectivity index is 1.81. The summed E-state index contributed by atoms with van der Waals surface area (Å²) in [5.41, 5.74) is 0.494. The second-order valence-corrected chi connectivity index (χ2v) is 5.71. The fourth-order valence-electron chi connectivity index (χ4n) is 2.48. The summed E-state index contributed by atoms with van der Waals surface area (Å²) in [6.45, 7) is 1.28. The molecule has 1 aliphatic carbocycles. The lowest BCUT2D eigenvalue weighted by Gasteiger charge is -2.32. The average molecular weight is 335 g/mol. The van der Waals surface area contributed by atoms with Crippen molar-refractivity contribution >= 4 is 23.5 Å². The number of aliphatic carboxylic acids is 1. The maximum Gasteiger partial charge on any atom is 0.306 e. The SMILES string of the molecule is Cc1cc(C(=O)NCC(=O)NC2CC(C(=O)O)C2)ccc1[N+](=O)[O-]. The number of carboxylic acid groups (broad SMARTS) is 1. The third-order valence-electron chi connectivity index (χ3n) is 3.92. The van der Waals surface area contributed by atoms with Crippen LogP contribution in [-0.4, -0.2) is 40.4 Å². The second-order valence-electron chi connectivity index (χ2n) is 5.71. The van der Waals surface area contributed by atoms with Gasteiger partial charge in [-0.1, -0.05) is 0 Å². The van der Waals surface area contributed by atoms with Crippen molar-refractivity contribution in [2.75, 3.05) is 6.54 Å². The van der Waals surface area contributed by atoms with Crippen LogP contribution in [0.15, 0.2) is 18.2 Å². The summed E-state index contributed by atoms with van der Waals surface area (Å²) >= 11 is 0. The van der Waals surface area contributed by atoms with Crippen molar-refractivity contribution in [1.82, 2.24) is 10.6 Å². The standard InChI is InChI=1S/C15H17N3O6/c1-8-4-9(2-3-12(8)18(23)24)14(20)16-7-13(19)17-11-5-10(6-11)15(21)22/h2-4,10-11H,5-7H2,1H3,(H,16,20)(H,17,19)(H,21,22). The van der Waals surface area contributed by atoms with Crippen LogP contribution in [0.2, 0.25) is 0 Å². The van der Waals surface area contributed by atoms with E-state index in [1.54, 1.807) is 0 Å². The van der Waals surface area contributed by atoms with Gasteiger partial charge in [-0.05, 0) is 31.9 Å². The Kier molecular flexibility index (Phi) is 5.12. The molecule has 1 saturated carbocycles. The highest BCUT2D eigenvalue weighted by molar-refractivity contribution is 5.96. The van der Waals surface area contributed by atoms with Crippen molar-refractivity contribution < 1.29 is 24.4 Å². The molecule has 1 fully saturated rings. The summed E-state index contributed by atoms with van der Waals surface area (Å²) in [5.74, 6) is -2.22. The Bertz CT molecular complexity index is 696. The molecule has 1 aromatic carbocycles. The van der Waals surface area contributed by atoms with Crippen LogP contribution in [0.1, 0.15) is 28.8 Å². The van der Waals surface area contributed by atoms with Crippen molar-refractivity contribution in [2.24, 2.45) is 5.92 Å². The molecule has 0 unspecified atom stereocenters. The maximum atomic E-state index is 12.0. The van der Waals surface area contributed by atoms with E-state index in [0.717, 1.165) is 0 Å². The maximum absolute atomic E-state index is 12.0. The molecule has 3 N–H and O–H groups in total. The Morgan fingerprint density at radius 3 is 2.54 bits per heavy atom. The van der Waals surface area contributed by atoms with Crippen molar-refractivity contribution in [3.63, 3.8) is 0 Å². The van der Waals surface area contributed by atoms with Gasteiger partial charge in [0.25, 0.3) is 11.6 Å². The number of nitro groups is 1. The summed E-state index contributed by atoms with van der Waals surface area (Å²) in [6, 6.07) is 3.76. The first kappa shape index (κ1) is 17.4. The molecule has 0 aromatic heterocycles. The highest BCUT2D eigenvalue weighted by Crippen LogP contribution is 2.27. The van der Waals surface area contributed by atoms with E-state index in [1.165, 1.54) is 25.1 Å². The highest BCUT2D eigenvalue weighted by atomic mass is 16.6. The van der Waals surface area contributed by atoms with Crippen molar-refractivity contribution in [2.45, 2.75) is 25.8 Å². The zero-order valence-corrected chi connectivity index (χ0v) is 12.9. The monoisotopic (exact) mass is 335 g/mol. The van der Waals surface area contributed by atoms with Crippen LogP contribution in [0, 0.1) is 23.0 Å². The Hall–Kier alpha value is -2.97. The van der Waals surface area contributed by atoms with Gasteiger partial charge in [0.05, 0.1) is 17.4 Å². The van der Waals surface area contributed by atoms with Crippen LogP contribution in [0.3, 0.4) is 0 Å². The number of nitro benzene ring substituents is 1. The zero-order valence-electron chi connectivity index (χ0n) is 12.9. The van der Waals surface area contributed by atoms with E-state index in [4.69, 9.17) is 5.11 Å². The van der Waals surface area contributed by atoms with Gasteiger partial charge in [-0.15, -0.1) is 0 Å². The Morgan fingerprint density at radius 2 is 2.00 bits per heavy atom. The Labute approximate surface area is 137 Å². The number of carbonyl (C=O) groups excluding carboxylic acids is 2. The lowest BCUT2D eigenvalue weighted by molar-refractivity contribution is -0.385. The third kappa shape index (κ3) is 4.06. The predicted molar refractivity (Wildman–Crippen MR) is 82.5 cm³/mol. The number of hydrogen-bond donors (Lipinski definition) is 3. The molecule has 0 heterocycles. The summed E-state index contributed by atoms with van der Waals surface area (Å²) in [6.07, 6.45) is 0.771. The van der Waals surface area contributed by atoms with Crippen molar-refractivity contribution in [3.8, 4) is 0 Å². The lowest BCUT2D eigenvalue weighted by atomic mass is 9.80. The van der Waals surface area contributed by atoms with Crippen LogP contribution < -0.4 is 10.6 Å². The van der Waals surface area contributed by atoms with Gasteiger partial charge in [-0.2, -0.15) is 0 Å². The van der Waals surface area contributed by atoms with E-state index in [-0.39, 0.29) is 23.8 Å². The topological polar surface area (TPSA) is 139 Å². The number of benzene rings is 1. The zero-order chi connectivity index (χ0) is 17.9. The molecule has 24 heavy (non-hydrogen) atoms. The average Bonchev–Trinajstić information content (AvgIpc) is 2.47. The number of rotatable bonds is 6. The molecule has 9 nitrogen and oxygen atoms in total. The number of nitrogens with zero attached hydrogens (tertiary/aromatic N) is 1. The predicted octanol–water partition coefficient (Wildman–Crippen LogP) is 0.612. The quantitative estimate of drug-likeness (QED) is 0.514. The first-order valence-corrected chi connectivity index (χ1v) is 7.33. The summed E-state index contributed by atoms with van der Waals surface area (Å²) in [7, 11) is 0. The highest BCUT2D eigenvalue weighted by Gasteiger charge is 2.35. The van der Waals surface area contributed by atoms with Crippen LogP contribution in [0.25, 0.3) is 0 Å². The second kappa shape index (κ2) is 7.07. The molecule has 2 rings (SSSR count). The summed E-state index contributed by atoms with van der Waals surface area (Å²) in [5, 5.41) is 24.5. The minimum atomic E-state index is -0.873. The van der Waals surface area contributed by atoms with Gasteiger partial charge in [0.2, 0.25) is 5.91 Å². The molecule has 2 amide bonds. The van der Waals surface area contributed by atoms with Gasteiger partial charge in [0.15, 0.2) is 0 Å². The fourth-order valence-corrected chi connectivity index (χ4v) is 2.48. The fraction of sp³-hybridized carbons (Fsp3) is 0.400. The van der Waals surface area contributed by atoms with Gasteiger partial charge in [-0.3, -0.25) is 24.5 Å². The minimum Gasteiger partial charge on any atom is -0.481 e. The summed E-state index contributed by atoms with van der Waals surface area (Å²) in [4.78, 5) is 44.5. The number of nitrogens with one attached hydrogen (secondary N) is 2. The number of amides is 2. The third-order valence-corrected chi connectivity index (χ3v) is 3.92. The van der Waals surface area contributed by atoms with Gasteiger partial charge < -0.3 is 15.7 Å². The number of carboxylic acids is 1. The number of carbonyl (C=O) groups is 3. The van der Waals surface area contributed by atoms with Gasteiger partial charge >= 0.3 is 5.97 Å². The smallest absolute Gasteiger partial charge is 0.306 e. The van der Waals surface area contributed by atoms with E-state index in [1.807, 2.05) is 0 Å². The molecule has 1 aromatic rings. The molecular formula is C15H17N3O6. The first-order chi connectivity index (χ1) is 11.3. The minimum absolute atomic E-state index is 0.0812. The van der Waals surface area contributed by atoms with Crippen LogP contribution in [-0.2, 0) is 9.59 Å². The van der Waals surface area contributed by atoms with Gasteiger partial charge in [0.1, 0.15) is 0 Å². The van der Waals surface area contributed by atoms with Gasteiger partial charge in [0, 0.05) is 23.2 Å². The van der Waals surface area contributed by atoms with Crippen LogP contribution in [0.5, 0.6) is 0 Å². The largest absolute Gasteiger partial charge is 0.481 e.